The van der Waals surface area contributed by atoms with Gasteiger partial charge in [0.25, 0.3) is 0 Å². The zero-order valence-corrected chi connectivity index (χ0v) is 14.8. The highest BCUT2D eigenvalue weighted by Gasteiger charge is 2.31. The van der Waals surface area contributed by atoms with Crippen LogP contribution in [-0.4, -0.2) is 62.8 Å². The van der Waals surface area contributed by atoms with E-state index in [4.69, 9.17) is 0 Å². The number of benzene rings is 1. The van der Waals surface area contributed by atoms with Gasteiger partial charge in [-0.2, -0.15) is 0 Å². The number of hydrogen-bond acceptors (Lipinski definition) is 4. The lowest BCUT2D eigenvalue weighted by Crippen LogP contribution is -2.43. The van der Waals surface area contributed by atoms with Crippen molar-refractivity contribution in [1.82, 2.24) is 19.4 Å². The zero-order valence-electron chi connectivity index (χ0n) is 14.8. The molecule has 1 aromatic carbocycles. The van der Waals surface area contributed by atoms with Crippen LogP contribution in [0.4, 0.5) is 0 Å². The summed E-state index contributed by atoms with van der Waals surface area (Å²) in [6.45, 7) is 4.77. The van der Waals surface area contributed by atoms with Crippen molar-refractivity contribution < 1.29 is 5.11 Å². The van der Waals surface area contributed by atoms with Gasteiger partial charge in [0.2, 0.25) is 0 Å². The Morgan fingerprint density at radius 2 is 1.76 bits per heavy atom. The van der Waals surface area contributed by atoms with Gasteiger partial charge in [0.1, 0.15) is 0 Å². The summed E-state index contributed by atoms with van der Waals surface area (Å²) < 4.78 is 2.03. The maximum absolute atomic E-state index is 9.55. The Morgan fingerprint density at radius 1 is 1.00 bits per heavy atom. The van der Waals surface area contributed by atoms with Crippen molar-refractivity contribution in [3.8, 4) is 5.69 Å². The molecule has 0 spiro atoms. The predicted octanol–water partition coefficient (Wildman–Crippen LogP) is 2.29. The third-order valence-corrected chi connectivity index (χ3v) is 5.78. The number of aliphatic hydroxyl groups is 1. The van der Waals surface area contributed by atoms with Crippen LogP contribution in [-0.2, 0) is 6.54 Å². The smallest absolute Gasteiger partial charge is 0.0991 e. The average molecular weight is 340 g/mol. The van der Waals surface area contributed by atoms with E-state index >= 15 is 0 Å². The lowest BCUT2D eigenvalue weighted by molar-refractivity contribution is 0.120. The van der Waals surface area contributed by atoms with Crippen molar-refractivity contribution in [3.05, 3.63) is 48.5 Å². The van der Waals surface area contributed by atoms with Gasteiger partial charge in [0, 0.05) is 43.3 Å². The third kappa shape index (κ3) is 3.78. The van der Waals surface area contributed by atoms with Crippen LogP contribution in [0.1, 0.15) is 31.2 Å². The predicted molar refractivity (Wildman–Crippen MR) is 98.7 cm³/mol. The maximum atomic E-state index is 9.55. The van der Waals surface area contributed by atoms with Gasteiger partial charge in [0.05, 0.1) is 12.9 Å². The second kappa shape index (κ2) is 7.68. The fraction of sp³-hybridized carbons (Fsp3) is 0.550. The minimum absolute atomic E-state index is 0.308. The van der Waals surface area contributed by atoms with Gasteiger partial charge in [-0.05, 0) is 56.5 Å². The minimum Gasteiger partial charge on any atom is -0.395 e. The van der Waals surface area contributed by atoms with Gasteiger partial charge in [-0.1, -0.05) is 12.1 Å². The van der Waals surface area contributed by atoms with Crippen LogP contribution < -0.4 is 0 Å². The van der Waals surface area contributed by atoms with Crippen LogP contribution in [0.25, 0.3) is 5.69 Å². The Hall–Kier alpha value is -1.69. The Kier molecular flexibility index (Phi) is 5.15. The number of nitrogens with zero attached hydrogens (tertiary/aromatic N) is 4. The molecule has 2 unspecified atom stereocenters. The SMILES string of the molecule is OCC1CCCN1CC1CCCN1Cc1ccc(-n2ccnc2)cc1. The minimum atomic E-state index is 0.308. The maximum Gasteiger partial charge on any atom is 0.0991 e. The van der Waals surface area contributed by atoms with E-state index in [9.17, 15) is 5.11 Å². The summed E-state index contributed by atoms with van der Waals surface area (Å²) >= 11 is 0. The molecular weight excluding hydrogens is 312 g/mol. The number of hydrogen-bond donors (Lipinski definition) is 1. The molecule has 0 bridgehead atoms. The van der Waals surface area contributed by atoms with E-state index in [2.05, 4.69) is 39.0 Å². The molecule has 4 rings (SSSR count). The van der Waals surface area contributed by atoms with Gasteiger partial charge in [-0.3, -0.25) is 9.80 Å². The summed E-state index contributed by atoms with van der Waals surface area (Å²) in [7, 11) is 0. The number of aliphatic hydroxyl groups excluding tert-OH is 1. The van der Waals surface area contributed by atoms with Crippen LogP contribution in [0.5, 0.6) is 0 Å². The van der Waals surface area contributed by atoms with Crippen LogP contribution in [0.15, 0.2) is 43.0 Å². The molecule has 0 amide bonds. The first kappa shape index (κ1) is 16.8. The van der Waals surface area contributed by atoms with E-state index < -0.39 is 0 Å². The Labute approximate surface area is 149 Å². The lowest BCUT2D eigenvalue weighted by atomic mass is 10.1. The highest BCUT2D eigenvalue weighted by molar-refractivity contribution is 5.34. The van der Waals surface area contributed by atoms with Crippen LogP contribution in [0.2, 0.25) is 0 Å². The van der Waals surface area contributed by atoms with Crippen molar-refractivity contribution >= 4 is 0 Å². The summed E-state index contributed by atoms with van der Waals surface area (Å²) in [6, 6.07) is 9.82. The van der Waals surface area contributed by atoms with E-state index in [1.54, 1.807) is 6.20 Å². The molecule has 0 radical (unpaired) electrons. The first-order chi connectivity index (χ1) is 12.3. The summed E-state index contributed by atoms with van der Waals surface area (Å²) in [4.78, 5) is 9.24. The number of aromatic nitrogens is 2. The van der Waals surface area contributed by atoms with Gasteiger partial charge in [-0.15, -0.1) is 0 Å². The number of likely N-dealkylation sites (tertiary alicyclic amines) is 2. The Balaban J connectivity index is 1.38. The molecule has 134 valence electrons. The van der Waals surface area contributed by atoms with Crippen molar-refractivity contribution in [1.29, 1.82) is 0 Å². The molecule has 2 aliphatic rings. The van der Waals surface area contributed by atoms with Crippen LogP contribution in [0.3, 0.4) is 0 Å². The summed E-state index contributed by atoms with van der Waals surface area (Å²) in [5.74, 6) is 0. The van der Waals surface area contributed by atoms with Crippen LogP contribution >= 0.6 is 0 Å². The molecule has 2 saturated heterocycles. The lowest BCUT2D eigenvalue weighted by Gasteiger charge is -2.31. The first-order valence-electron chi connectivity index (χ1n) is 9.50. The molecular formula is C20H28N4O. The van der Waals surface area contributed by atoms with Gasteiger partial charge in [0.15, 0.2) is 0 Å². The Bertz CT molecular complexity index is 655. The van der Waals surface area contributed by atoms with E-state index in [1.165, 1.54) is 31.4 Å². The fourth-order valence-corrected chi connectivity index (χ4v) is 4.34. The van der Waals surface area contributed by atoms with Crippen LogP contribution in [0, 0.1) is 0 Å². The highest BCUT2D eigenvalue weighted by atomic mass is 16.3. The molecule has 25 heavy (non-hydrogen) atoms. The van der Waals surface area contributed by atoms with E-state index in [0.717, 1.165) is 31.7 Å². The molecule has 5 nitrogen and oxygen atoms in total. The molecule has 2 fully saturated rings. The second-order valence-electron chi connectivity index (χ2n) is 7.38. The monoisotopic (exact) mass is 340 g/mol. The number of rotatable bonds is 6. The molecule has 2 aromatic rings. The molecule has 5 heteroatoms. The molecule has 2 atom stereocenters. The van der Waals surface area contributed by atoms with Crippen molar-refractivity contribution in [2.45, 2.75) is 44.3 Å². The standard InChI is InChI=1S/C20H28N4O/c25-15-20-4-2-11-23(20)14-19-3-1-10-22(19)13-17-5-7-18(8-6-17)24-12-9-21-16-24/h5-9,12,16,19-20,25H,1-4,10-11,13-15H2. The normalized spacial score (nSPS) is 25.0. The van der Waals surface area contributed by atoms with Gasteiger partial charge in [-0.25, -0.2) is 4.98 Å². The van der Waals surface area contributed by atoms with Crippen molar-refractivity contribution in [2.75, 3.05) is 26.2 Å². The molecule has 3 heterocycles. The van der Waals surface area contributed by atoms with E-state index in [-0.39, 0.29) is 0 Å². The number of imidazole rings is 1. The Morgan fingerprint density at radius 3 is 2.48 bits per heavy atom. The molecule has 0 saturated carbocycles. The average Bonchev–Trinajstić information content (AvgIpc) is 3.38. The van der Waals surface area contributed by atoms with Gasteiger partial charge < -0.3 is 9.67 Å². The third-order valence-electron chi connectivity index (χ3n) is 5.78. The van der Waals surface area contributed by atoms with Gasteiger partial charge >= 0.3 is 0 Å². The van der Waals surface area contributed by atoms with E-state index in [1.807, 2.05) is 17.1 Å². The summed E-state index contributed by atoms with van der Waals surface area (Å²) in [5.41, 5.74) is 2.53. The molecule has 2 aliphatic heterocycles. The fourth-order valence-electron chi connectivity index (χ4n) is 4.34. The molecule has 1 N–H and O–H groups in total. The second-order valence-corrected chi connectivity index (χ2v) is 7.38. The summed E-state index contributed by atoms with van der Waals surface area (Å²) in [5, 5.41) is 9.55. The largest absolute Gasteiger partial charge is 0.395 e. The first-order valence-corrected chi connectivity index (χ1v) is 9.50. The molecule has 1 aromatic heterocycles. The summed E-state index contributed by atoms with van der Waals surface area (Å²) in [6.07, 6.45) is 10.6. The van der Waals surface area contributed by atoms with Crippen molar-refractivity contribution in [2.24, 2.45) is 0 Å². The molecule has 0 aliphatic carbocycles. The highest BCUT2D eigenvalue weighted by Crippen LogP contribution is 2.25. The quantitative estimate of drug-likeness (QED) is 0.876. The zero-order chi connectivity index (χ0) is 17.1. The van der Waals surface area contributed by atoms with Crippen molar-refractivity contribution in [3.63, 3.8) is 0 Å². The van der Waals surface area contributed by atoms with E-state index in [0.29, 0.717) is 18.7 Å². The topological polar surface area (TPSA) is 44.5 Å².